The van der Waals surface area contributed by atoms with Gasteiger partial charge in [0.25, 0.3) is 0 Å². The molecule has 0 amide bonds. The smallest absolute Gasteiger partial charge is 0.127 e. The van der Waals surface area contributed by atoms with Crippen molar-refractivity contribution in [2.75, 3.05) is 0 Å². The van der Waals surface area contributed by atoms with Crippen LogP contribution in [0.4, 0.5) is 0 Å². The molecule has 0 radical (unpaired) electrons. The Morgan fingerprint density at radius 1 is 1.04 bits per heavy atom. The maximum Gasteiger partial charge on any atom is 0.127 e. The zero-order chi connectivity index (χ0) is 17.0. The van der Waals surface area contributed by atoms with Crippen LogP contribution < -0.4 is 9.46 Å². The molecule has 0 aliphatic heterocycles. The van der Waals surface area contributed by atoms with E-state index < -0.39 is 11.0 Å². The fraction of sp³-hybridized carbons (Fsp3) is 0.368. The topological polar surface area (TPSA) is 38.3 Å². The van der Waals surface area contributed by atoms with Crippen molar-refractivity contribution in [3.05, 3.63) is 59.7 Å². The lowest BCUT2D eigenvalue weighted by Crippen LogP contribution is -2.34. The van der Waals surface area contributed by atoms with Crippen LogP contribution in [0.15, 0.2) is 48.5 Å². The van der Waals surface area contributed by atoms with Gasteiger partial charge >= 0.3 is 0 Å². The predicted octanol–water partition coefficient (Wildman–Crippen LogP) is 4.90. The zero-order valence-electron chi connectivity index (χ0n) is 14.4. The van der Waals surface area contributed by atoms with Crippen molar-refractivity contribution in [1.82, 2.24) is 4.72 Å². The molecule has 0 aliphatic rings. The van der Waals surface area contributed by atoms with Gasteiger partial charge in [-0.2, -0.15) is 0 Å². The quantitative estimate of drug-likeness (QED) is 0.846. The van der Waals surface area contributed by atoms with Crippen molar-refractivity contribution in [2.45, 2.75) is 45.4 Å². The summed E-state index contributed by atoms with van der Waals surface area (Å²) in [5, 5.41) is 0. The van der Waals surface area contributed by atoms with Crippen LogP contribution in [-0.4, -0.2) is 8.96 Å². The molecule has 0 aliphatic carbocycles. The fourth-order valence-corrected chi connectivity index (χ4v) is 2.86. The molecule has 1 unspecified atom stereocenters. The van der Waals surface area contributed by atoms with Crippen LogP contribution in [0.25, 0.3) is 0 Å². The Hall–Kier alpha value is -1.65. The first-order chi connectivity index (χ1) is 10.8. The molecule has 1 N–H and O–H groups in total. The molecule has 0 saturated heterocycles. The molecule has 2 rings (SSSR count). The molecule has 0 bridgehead atoms. The summed E-state index contributed by atoms with van der Waals surface area (Å²) in [5.41, 5.74) is 2.25. The Kier molecular flexibility index (Phi) is 5.60. The lowest BCUT2D eigenvalue weighted by atomic mass is 10.1. The van der Waals surface area contributed by atoms with Crippen molar-refractivity contribution in [3.8, 4) is 11.5 Å². The second kappa shape index (κ2) is 7.28. The molecule has 0 heterocycles. The summed E-state index contributed by atoms with van der Waals surface area (Å²) < 4.78 is 20.9. The Morgan fingerprint density at radius 3 is 2.26 bits per heavy atom. The van der Waals surface area contributed by atoms with Gasteiger partial charge < -0.3 is 4.74 Å². The summed E-state index contributed by atoms with van der Waals surface area (Å²) in [6, 6.07) is 15.9. The number of ether oxygens (including phenoxy) is 1. The first kappa shape index (κ1) is 17.7. The van der Waals surface area contributed by atoms with E-state index in [4.69, 9.17) is 4.74 Å². The van der Waals surface area contributed by atoms with Gasteiger partial charge in [-0.25, -0.2) is 8.93 Å². The minimum Gasteiger partial charge on any atom is -0.457 e. The lowest BCUT2D eigenvalue weighted by molar-refractivity contribution is 0.482. The molecule has 0 fully saturated rings. The lowest BCUT2D eigenvalue weighted by Gasteiger charge is -2.22. The van der Waals surface area contributed by atoms with Gasteiger partial charge in [0.1, 0.15) is 11.5 Å². The second-order valence-corrected chi connectivity index (χ2v) is 8.71. The van der Waals surface area contributed by atoms with E-state index in [1.807, 2.05) is 83.1 Å². The van der Waals surface area contributed by atoms with Crippen LogP contribution in [0, 0.1) is 6.92 Å². The van der Waals surface area contributed by atoms with Gasteiger partial charge in [0, 0.05) is 6.04 Å². The highest BCUT2D eigenvalue weighted by molar-refractivity contribution is 7.84. The summed E-state index contributed by atoms with van der Waals surface area (Å²) in [4.78, 5) is 0. The molecule has 124 valence electrons. The maximum absolute atomic E-state index is 12.2. The summed E-state index contributed by atoms with van der Waals surface area (Å²) in [5.74, 6) is 1.63. The third-order valence-electron chi connectivity index (χ3n) is 3.45. The number of benzene rings is 2. The summed E-state index contributed by atoms with van der Waals surface area (Å²) in [6.45, 7) is 9.93. The molecular weight excluding hydrogens is 306 g/mol. The minimum atomic E-state index is -1.09. The summed E-state index contributed by atoms with van der Waals surface area (Å²) in [7, 11) is -1.09. The molecule has 2 atom stereocenters. The highest BCUT2D eigenvalue weighted by Crippen LogP contribution is 2.24. The molecule has 0 saturated carbocycles. The predicted molar refractivity (Wildman–Crippen MR) is 97.1 cm³/mol. The number of nitrogens with one attached hydrogen (secondary N) is 1. The Morgan fingerprint density at radius 2 is 1.70 bits per heavy atom. The largest absolute Gasteiger partial charge is 0.457 e. The van der Waals surface area contributed by atoms with E-state index in [9.17, 15) is 4.21 Å². The van der Waals surface area contributed by atoms with Gasteiger partial charge in [-0.1, -0.05) is 24.3 Å². The Balaban J connectivity index is 2.03. The molecule has 2 aromatic carbocycles. The van der Waals surface area contributed by atoms with Gasteiger partial charge in [-0.15, -0.1) is 0 Å². The van der Waals surface area contributed by atoms with E-state index in [1.165, 1.54) is 5.56 Å². The van der Waals surface area contributed by atoms with Crippen LogP contribution in [0.3, 0.4) is 0 Å². The van der Waals surface area contributed by atoms with Crippen LogP contribution in [-0.2, 0) is 11.0 Å². The van der Waals surface area contributed by atoms with E-state index in [1.54, 1.807) is 0 Å². The van der Waals surface area contributed by atoms with E-state index in [2.05, 4.69) is 4.72 Å². The van der Waals surface area contributed by atoms with E-state index in [0.717, 1.165) is 17.1 Å². The van der Waals surface area contributed by atoms with Crippen molar-refractivity contribution in [1.29, 1.82) is 0 Å². The second-order valence-electron chi connectivity index (χ2n) is 6.71. The fourth-order valence-electron chi connectivity index (χ4n) is 2.04. The normalized spacial score (nSPS) is 14.3. The maximum atomic E-state index is 12.2. The summed E-state index contributed by atoms with van der Waals surface area (Å²) >= 11 is 0. The van der Waals surface area contributed by atoms with Gasteiger partial charge in [0.05, 0.1) is 15.7 Å². The minimum absolute atomic E-state index is 0.0167. The van der Waals surface area contributed by atoms with E-state index >= 15 is 0 Å². The van der Waals surface area contributed by atoms with Gasteiger partial charge in [-0.05, 0) is 70.0 Å². The molecule has 23 heavy (non-hydrogen) atoms. The van der Waals surface area contributed by atoms with Crippen molar-refractivity contribution < 1.29 is 8.95 Å². The molecule has 0 aromatic heterocycles. The number of hydrogen-bond acceptors (Lipinski definition) is 2. The summed E-state index contributed by atoms with van der Waals surface area (Å²) in [6.07, 6.45) is 0. The zero-order valence-corrected chi connectivity index (χ0v) is 15.2. The first-order valence-electron chi connectivity index (χ1n) is 7.78. The highest BCUT2D eigenvalue weighted by atomic mass is 32.2. The molecule has 4 heteroatoms. The van der Waals surface area contributed by atoms with Crippen molar-refractivity contribution in [3.63, 3.8) is 0 Å². The van der Waals surface area contributed by atoms with Gasteiger partial charge in [-0.3, -0.25) is 0 Å². The Labute approximate surface area is 141 Å². The standard InChI is InChI=1S/C19H25NO2S/c1-14-7-6-8-18(13-14)22-17-11-9-16(10-12-17)15(2)20-23(21)19(3,4)5/h6-13,15,20H,1-5H3/t15-,23?/m0/s1. The SMILES string of the molecule is Cc1cccc(Oc2ccc([C@H](C)NS(=O)C(C)(C)C)cc2)c1. The number of rotatable bonds is 5. The average molecular weight is 331 g/mol. The molecule has 2 aromatic rings. The number of hydrogen-bond donors (Lipinski definition) is 1. The average Bonchev–Trinajstić information content (AvgIpc) is 2.47. The van der Waals surface area contributed by atoms with Crippen LogP contribution >= 0.6 is 0 Å². The first-order valence-corrected chi connectivity index (χ1v) is 8.93. The highest BCUT2D eigenvalue weighted by Gasteiger charge is 2.21. The van der Waals surface area contributed by atoms with E-state index in [-0.39, 0.29) is 10.8 Å². The van der Waals surface area contributed by atoms with Crippen LogP contribution in [0.5, 0.6) is 11.5 Å². The number of aryl methyl sites for hydroxylation is 1. The van der Waals surface area contributed by atoms with Crippen LogP contribution in [0.1, 0.15) is 44.9 Å². The van der Waals surface area contributed by atoms with Crippen molar-refractivity contribution >= 4 is 11.0 Å². The third-order valence-corrected chi connectivity index (χ3v) is 5.13. The van der Waals surface area contributed by atoms with Gasteiger partial charge in [0.2, 0.25) is 0 Å². The van der Waals surface area contributed by atoms with Gasteiger partial charge in [0.15, 0.2) is 0 Å². The van der Waals surface area contributed by atoms with E-state index in [0.29, 0.717) is 0 Å². The van der Waals surface area contributed by atoms with Crippen molar-refractivity contribution in [2.24, 2.45) is 0 Å². The van der Waals surface area contributed by atoms with Crippen LogP contribution in [0.2, 0.25) is 0 Å². The molecule has 0 spiro atoms. The Bertz CT molecular complexity index is 675. The third kappa shape index (κ3) is 5.19. The molecular formula is C19H25NO2S. The monoisotopic (exact) mass is 331 g/mol. The molecule has 3 nitrogen and oxygen atoms in total.